The molecule has 0 aliphatic carbocycles. The third-order valence-electron chi connectivity index (χ3n) is 3.14. The normalized spacial score (nSPS) is 10.7. The van der Waals surface area contributed by atoms with Crippen LogP contribution in [0.2, 0.25) is 5.02 Å². The van der Waals surface area contributed by atoms with E-state index in [1.807, 2.05) is 12.1 Å². The molecule has 0 aromatic heterocycles. The SMILES string of the molecule is CCCCN(CCCC)c1ccc(CO)c(Cl)c1. The number of anilines is 1. The zero-order chi connectivity index (χ0) is 13.4. The molecule has 0 radical (unpaired) electrons. The summed E-state index contributed by atoms with van der Waals surface area (Å²) in [4.78, 5) is 2.39. The predicted molar refractivity (Wildman–Crippen MR) is 79.4 cm³/mol. The van der Waals surface area contributed by atoms with E-state index in [1.54, 1.807) is 0 Å². The van der Waals surface area contributed by atoms with Crippen LogP contribution >= 0.6 is 11.6 Å². The molecule has 0 bridgehead atoms. The number of benzene rings is 1. The fraction of sp³-hybridized carbons (Fsp3) is 0.600. The summed E-state index contributed by atoms with van der Waals surface area (Å²) in [6.45, 7) is 6.57. The maximum Gasteiger partial charge on any atom is 0.0696 e. The van der Waals surface area contributed by atoms with Gasteiger partial charge in [-0.15, -0.1) is 0 Å². The smallest absolute Gasteiger partial charge is 0.0696 e. The second-order valence-corrected chi connectivity index (χ2v) is 5.04. The Balaban J connectivity index is 2.79. The first kappa shape index (κ1) is 15.3. The van der Waals surface area contributed by atoms with Crippen molar-refractivity contribution < 1.29 is 5.11 Å². The maximum atomic E-state index is 9.13. The Bertz CT molecular complexity index is 346. The number of unbranched alkanes of at least 4 members (excludes halogenated alkanes) is 2. The monoisotopic (exact) mass is 269 g/mol. The van der Waals surface area contributed by atoms with E-state index in [0.29, 0.717) is 5.02 Å². The van der Waals surface area contributed by atoms with Crippen LogP contribution in [0.1, 0.15) is 45.1 Å². The Labute approximate surface area is 116 Å². The lowest BCUT2D eigenvalue weighted by Crippen LogP contribution is -2.25. The molecule has 0 spiro atoms. The highest BCUT2D eigenvalue weighted by Crippen LogP contribution is 2.24. The Morgan fingerprint density at radius 3 is 2.17 bits per heavy atom. The fourth-order valence-corrected chi connectivity index (χ4v) is 2.16. The Hall–Kier alpha value is -0.730. The molecule has 102 valence electrons. The summed E-state index contributed by atoms with van der Waals surface area (Å²) in [6, 6.07) is 5.95. The van der Waals surface area contributed by atoms with Crippen molar-refractivity contribution in [3.8, 4) is 0 Å². The van der Waals surface area contributed by atoms with Crippen molar-refractivity contribution in [1.82, 2.24) is 0 Å². The molecule has 0 atom stereocenters. The van der Waals surface area contributed by atoms with Crippen molar-refractivity contribution in [2.24, 2.45) is 0 Å². The zero-order valence-electron chi connectivity index (χ0n) is 11.5. The third kappa shape index (κ3) is 4.51. The minimum atomic E-state index is 0.00301. The van der Waals surface area contributed by atoms with Gasteiger partial charge in [-0.1, -0.05) is 44.4 Å². The van der Waals surface area contributed by atoms with Crippen molar-refractivity contribution in [3.63, 3.8) is 0 Å². The molecule has 3 heteroatoms. The Morgan fingerprint density at radius 1 is 1.11 bits per heavy atom. The van der Waals surface area contributed by atoms with E-state index in [1.165, 1.54) is 31.4 Å². The molecule has 1 aromatic carbocycles. The van der Waals surface area contributed by atoms with Crippen LogP contribution in [0.3, 0.4) is 0 Å². The Kier molecular flexibility index (Phi) is 7.14. The molecule has 0 saturated heterocycles. The standard InChI is InChI=1S/C15H24ClNO/c1-3-5-9-17(10-6-4-2)14-8-7-13(12-18)15(16)11-14/h7-8,11,18H,3-6,9-10,12H2,1-2H3. The van der Waals surface area contributed by atoms with E-state index in [-0.39, 0.29) is 6.61 Å². The van der Waals surface area contributed by atoms with Gasteiger partial charge in [0.1, 0.15) is 0 Å². The van der Waals surface area contributed by atoms with Crippen molar-refractivity contribution in [2.45, 2.75) is 46.1 Å². The zero-order valence-corrected chi connectivity index (χ0v) is 12.2. The number of halogens is 1. The topological polar surface area (TPSA) is 23.5 Å². The summed E-state index contributed by atoms with van der Waals surface area (Å²) in [7, 11) is 0. The lowest BCUT2D eigenvalue weighted by molar-refractivity contribution is 0.282. The van der Waals surface area contributed by atoms with E-state index < -0.39 is 0 Å². The Morgan fingerprint density at radius 2 is 1.72 bits per heavy atom. The number of aliphatic hydroxyl groups excluding tert-OH is 1. The fourth-order valence-electron chi connectivity index (χ4n) is 1.93. The summed E-state index contributed by atoms with van der Waals surface area (Å²) in [5, 5.41) is 9.79. The van der Waals surface area contributed by atoms with Gasteiger partial charge in [0.05, 0.1) is 6.61 Å². The van der Waals surface area contributed by atoms with E-state index in [9.17, 15) is 0 Å². The average molecular weight is 270 g/mol. The molecule has 1 aromatic rings. The van der Waals surface area contributed by atoms with Crippen LogP contribution in [-0.4, -0.2) is 18.2 Å². The van der Waals surface area contributed by atoms with Crippen LogP contribution in [0.15, 0.2) is 18.2 Å². The highest BCUT2D eigenvalue weighted by atomic mass is 35.5. The van der Waals surface area contributed by atoms with Crippen LogP contribution in [0.5, 0.6) is 0 Å². The van der Waals surface area contributed by atoms with Crippen molar-refractivity contribution in [2.75, 3.05) is 18.0 Å². The highest BCUT2D eigenvalue weighted by Gasteiger charge is 2.08. The molecule has 18 heavy (non-hydrogen) atoms. The van der Waals surface area contributed by atoms with Gasteiger partial charge in [0.25, 0.3) is 0 Å². The molecule has 0 amide bonds. The molecular formula is C15H24ClNO. The molecule has 0 aliphatic heterocycles. The lowest BCUT2D eigenvalue weighted by atomic mass is 10.1. The summed E-state index contributed by atoms with van der Waals surface area (Å²) in [5.41, 5.74) is 1.96. The number of nitrogens with zero attached hydrogens (tertiary/aromatic N) is 1. The van der Waals surface area contributed by atoms with Crippen LogP contribution in [0, 0.1) is 0 Å². The number of hydrogen-bond donors (Lipinski definition) is 1. The maximum absolute atomic E-state index is 9.13. The van der Waals surface area contributed by atoms with Gasteiger partial charge in [0.15, 0.2) is 0 Å². The van der Waals surface area contributed by atoms with Gasteiger partial charge in [-0.3, -0.25) is 0 Å². The molecule has 0 aliphatic rings. The van der Waals surface area contributed by atoms with E-state index in [2.05, 4.69) is 24.8 Å². The minimum Gasteiger partial charge on any atom is -0.392 e. The summed E-state index contributed by atoms with van der Waals surface area (Å²) in [6.07, 6.45) is 4.79. The molecule has 2 nitrogen and oxygen atoms in total. The quantitative estimate of drug-likeness (QED) is 0.763. The van der Waals surface area contributed by atoms with Crippen molar-refractivity contribution in [3.05, 3.63) is 28.8 Å². The van der Waals surface area contributed by atoms with Crippen molar-refractivity contribution in [1.29, 1.82) is 0 Å². The van der Waals surface area contributed by atoms with Gasteiger partial charge in [-0.2, -0.15) is 0 Å². The van der Waals surface area contributed by atoms with Gasteiger partial charge in [0, 0.05) is 23.8 Å². The predicted octanol–water partition coefficient (Wildman–Crippen LogP) is 4.24. The first-order chi connectivity index (χ1) is 8.72. The molecule has 0 saturated carbocycles. The second-order valence-electron chi connectivity index (χ2n) is 4.63. The molecule has 1 rings (SSSR count). The molecular weight excluding hydrogens is 246 g/mol. The molecule has 0 fully saturated rings. The summed E-state index contributed by atoms with van der Waals surface area (Å²) < 4.78 is 0. The number of rotatable bonds is 8. The number of aliphatic hydroxyl groups is 1. The van der Waals surface area contributed by atoms with Crippen molar-refractivity contribution >= 4 is 17.3 Å². The molecule has 0 heterocycles. The van der Waals surface area contributed by atoms with Crippen LogP contribution in [0.4, 0.5) is 5.69 Å². The van der Waals surface area contributed by atoms with Gasteiger partial charge >= 0.3 is 0 Å². The second kappa shape index (κ2) is 8.39. The van der Waals surface area contributed by atoms with Crippen LogP contribution in [0.25, 0.3) is 0 Å². The van der Waals surface area contributed by atoms with Gasteiger partial charge in [0.2, 0.25) is 0 Å². The van der Waals surface area contributed by atoms with E-state index >= 15 is 0 Å². The third-order valence-corrected chi connectivity index (χ3v) is 3.49. The highest BCUT2D eigenvalue weighted by molar-refractivity contribution is 6.31. The van der Waals surface area contributed by atoms with Crippen LogP contribution < -0.4 is 4.90 Å². The van der Waals surface area contributed by atoms with Gasteiger partial charge in [-0.05, 0) is 30.5 Å². The first-order valence-electron chi connectivity index (χ1n) is 6.87. The van der Waals surface area contributed by atoms with Gasteiger partial charge < -0.3 is 10.0 Å². The molecule has 0 unspecified atom stereocenters. The minimum absolute atomic E-state index is 0.00301. The van der Waals surface area contributed by atoms with E-state index in [0.717, 1.165) is 18.7 Å². The largest absolute Gasteiger partial charge is 0.392 e. The lowest BCUT2D eigenvalue weighted by Gasteiger charge is -2.25. The number of hydrogen-bond acceptors (Lipinski definition) is 2. The molecule has 1 N–H and O–H groups in total. The first-order valence-corrected chi connectivity index (χ1v) is 7.25. The van der Waals surface area contributed by atoms with Gasteiger partial charge in [-0.25, -0.2) is 0 Å². The van der Waals surface area contributed by atoms with Crippen LogP contribution in [-0.2, 0) is 6.61 Å². The summed E-state index contributed by atoms with van der Waals surface area (Å²) >= 11 is 6.16. The van der Waals surface area contributed by atoms with E-state index in [4.69, 9.17) is 16.7 Å². The average Bonchev–Trinajstić information content (AvgIpc) is 2.39. The summed E-state index contributed by atoms with van der Waals surface area (Å²) in [5.74, 6) is 0.